The molecule has 0 bridgehead atoms. The lowest BCUT2D eigenvalue weighted by atomic mass is 10.1. The first kappa shape index (κ1) is 11.5. The molecule has 88 valence electrons. The second-order valence-corrected chi connectivity index (χ2v) is 4.21. The molecule has 16 heavy (non-hydrogen) atoms. The first-order chi connectivity index (χ1) is 7.86. The summed E-state index contributed by atoms with van der Waals surface area (Å²) in [5.41, 5.74) is 0.662. The molecule has 2 heterocycles. The molecule has 2 rings (SSSR count). The van der Waals surface area contributed by atoms with Gasteiger partial charge in [-0.2, -0.15) is 0 Å². The molecule has 4 nitrogen and oxygen atoms in total. The van der Waals surface area contributed by atoms with E-state index in [9.17, 15) is 5.11 Å². The first-order valence-electron chi connectivity index (χ1n) is 5.92. The summed E-state index contributed by atoms with van der Waals surface area (Å²) < 4.78 is 5.53. The van der Waals surface area contributed by atoms with Crippen molar-refractivity contribution in [3.8, 4) is 0 Å². The maximum absolute atomic E-state index is 9.85. The second kappa shape index (κ2) is 5.92. The lowest BCUT2D eigenvalue weighted by molar-refractivity contribution is 0.0939. The van der Waals surface area contributed by atoms with Crippen molar-refractivity contribution >= 4 is 0 Å². The predicted octanol–water partition coefficient (Wildman–Crippen LogP) is 1.86. The van der Waals surface area contributed by atoms with Crippen LogP contribution in [0.3, 0.4) is 0 Å². The van der Waals surface area contributed by atoms with E-state index in [4.69, 9.17) is 4.74 Å². The highest BCUT2D eigenvalue weighted by Gasteiger charge is 2.16. The third-order valence-corrected chi connectivity index (χ3v) is 2.95. The Hall–Kier alpha value is -1.00. The number of ether oxygens (including phenoxy) is 1. The normalized spacial score (nSPS) is 22.2. The molecule has 0 saturated carbocycles. The Morgan fingerprint density at radius 1 is 1.50 bits per heavy atom. The van der Waals surface area contributed by atoms with Crippen LogP contribution in [-0.4, -0.2) is 27.8 Å². The fourth-order valence-electron chi connectivity index (χ4n) is 2.04. The highest BCUT2D eigenvalue weighted by molar-refractivity contribution is 4.98. The molecule has 0 spiro atoms. The summed E-state index contributed by atoms with van der Waals surface area (Å²) >= 11 is 0. The Morgan fingerprint density at radius 3 is 3.12 bits per heavy atom. The van der Waals surface area contributed by atoms with E-state index >= 15 is 0 Å². The minimum Gasteiger partial charge on any atom is -0.387 e. The van der Waals surface area contributed by atoms with E-state index in [-0.39, 0.29) is 0 Å². The van der Waals surface area contributed by atoms with Gasteiger partial charge in [-0.25, -0.2) is 0 Å². The maximum atomic E-state index is 9.85. The number of hydrogen-bond acceptors (Lipinski definition) is 4. The van der Waals surface area contributed by atoms with Gasteiger partial charge in [-0.05, 0) is 32.1 Å². The summed E-state index contributed by atoms with van der Waals surface area (Å²) in [6, 6.07) is 0. The molecule has 0 aliphatic carbocycles. The minimum absolute atomic E-state index is 0.411. The molecular formula is C12H18N2O2. The van der Waals surface area contributed by atoms with Gasteiger partial charge in [0, 0.05) is 19.0 Å². The van der Waals surface area contributed by atoms with Gasteiger partial charge in [0.05, 0.1) is 24.1 Å². The zero-order valence-electron chi connectivity index (χ0n) is 9.38. The molecule has 1 N–H and O–H groups in total. The van der Waals surface area contributed by atoms with Crippen molar-refractivity contribution in [1.29, 1.82) is 0 Å². The van der Waals surface area contributed by atoms with Crippen molar-refractivity contribution in [1.82, 2.24) is 9.97 Å². The Bertz CT molecular complexity index is 299. The van der Waals surface area contributed by atoms with Gasteiger partial charge in [-0.15, -0.1) is 0 Å². The van der Waals surface area contributed by atoms with Crippen molar-refractivity contribution in [2.75, 3.05) is 6.61 Å². The molecule has 0 amide bonds. The summed E-state index contributed by atoms with van der Waals surface area (Å²) in [5.74, 6) is 0. The van der Waals surface area contributed by atoms with Crippen LogP contribution in [0.1, 0.15) is 43.9 Å². The van der Waals surface area contributed by atoms with Crippen molar-refractivity contribution in [3.63, 3.8) is 0 Å². The Kier molecular flexibility index (Phi) is 4.25. The smallest absolute Gasteiger partial charge is 0.0975 e. The van der Waals surface area contributed by atoms with E-state index in [0.717, 1.165) is 25.9 Å². The molecule has 1 aliphatic rings. The zero-order valence-corrected chi connectivity index (χ0v) is 9.38. The Labute approximate surface area is 95.7 Å². The van der Waals surface area contributed by atoms with Gasteiger partial charge in [0.25, 0.3) is 0 Å². The van der Waals surface area contributed by atoms with E-state index in [0.29, 0.717) is 11.8 Å². The van der Waals surface area contributed by atoms with E-state index in [1.165, 1.54) is 12.8 Å². The number of hydrogen-bond donors (Lipinski definition) is 1. The standard InChI is InChI=1S/C12H18N2O2/c15-12(11-9-13-6-7-14-11)5-1-3-10-4-2-8-16-10/h6-7,9-10,12,15H,1-5,8H2. The highest BCUT2D eigenvalue weighted by Crippen LogP contribution is 2.21. The molecule has 2 atom stereocenters. The van der Waals surface area contributed by atoms with Crippen LogP contribution in [0.2, 0.25) is 0 Å². The van der Waals surface area contributed by atoms with Crippen LogP contribution in [0.5, 0.6) is 0 Å². The topological polar surface area (TPSA) is 55.2 Å². The fraction of sp³-hybridized carbons (Fsp3) is 0.667. The molecule has 2 unspecified atom stereocenters. The van der Waals surface area contributed by atoms with Crippen LogP contribution < -0.4 is 0 Å². The zero-order chi connectivity index (χ0) is 11.2. The molecular weight excluding hydrogens is 204 g/mol. The van der Waals surface area contributed by atoms with Crippen molar-refractivity contribution in [2.24, 2.45) is 0 Å². The van der Waals surface area contributed by atoms with Gasteiger partial charge in [0.15, 0.2) is 0 Å². The molecule has 1 aromatic rings. The molecule has 1 fully saturated rings. The molecule has 4 heteroatoms. The van der Waals surface area contributed by atoms with Gasteiger partial charge < -0.3 is 9.84 Å². The molecule has 1 aromatic heterocycles. The maximum Gasteiger partial charge on any atom is 0.0975 e. The van der Waals surface area contributed by atoms with Gasteiger partial charge in [0.2, 0.25) is 0 Å². The summed E-state index contributed by atoms with van der Waals surface area (Å²) in [6.45, 7) is 0.900. The van der Waals surface area contributed by atoms with Crippen LogP contribution in [0.15, 0.2) is 18.6 Å². The van der Waals surface area contributed by atoms with Crippen LogP contribution in [0.25, 0.3) is 0 Å². The van der Waals surface area contributed by atoms with Crippen molar-refractivity contribution < 1.29 is 9.84 Å². The quantitative estimate of drug-likeness (QED) is 0.826. The second-order valence-electron chi connectivity index (χ2n) is 4.21. The van der Waals surface area contributed by atoms with Crippen LogP contribution in [0.4, 0.5) is 0 Å². The summed E-state index contributed by atoms with van der Waals surface area (Å²) in [5, 5.41) is 9.85. The van der Waals surface area contributed by atoms with Crippen molar-refractivity contribution in [2.45, 2.75) is 44.3 Å². The largest absolute Gasteiger partial charge is 0.387 e. The van der Waals surface area contributed by atoms with Gasteiger partial charge in [0.1, 0.15) is 0 Å². The summed E-state index contributed by atoms with van der Waals surface area (Å²) in [6.07, 6.45) is 9.86. The number of aliphatic hydroxyl groups excluding tert-OH is 1. The summed E-state index contributed by atoms with van der Waals surface area (Å²) in [7, 11) is 0. The average molecular weight is 222 g/mol. The lowest BCUT2D eigenvalue weighted by Crippen LogP contribution is -2.06. The van der Waals surface area contributed by atoms with Crippen LogP contribution in [0, 0.1) is 0 Å². The SMILES string of the molecule is OC(CCCC1CCCO1)c1cnccn1. The number of aliphatic hydroxyl groups is 1. The molecule has 1 saturated heterocycles. The third-order valence-electron chi connectivity index (χ3n) is 2.95. The van der Waals surface area contributed by atoms with Gasteiger partial charge in [-0.1, -0.05) is 0 Å². The highest BCUT2D eigenvalue weighted by atomic mass is 16.5. The van der Waals surface area contributed by atoms with Gasteiger partial charge >= 0.3 is 0 Å². The first-order valence-corrected chi connectivity index (χ1v) is 5.92. The third kappa shape index (κ3) is 3.25. The molecule has 0 radical (unpaired) electrons. The van der Waals surface area contributed by atoms with E-state index in [2.05, 4.69) is 9.97 Å². The summed E-state index contributed by atoms with van der Waals surface area (Å²) in [4.78, 5) is 8.03. The monoisotopic (exact) mass is 222 g/mol. The van der Waals surface area contributed by atoms with E-state index in [1.807, 2.05) is 0 Å². The predicted molar refractivity (Wildman–Crippen MR) is 59.8 cm³/mol. The molecule has 1 aliphatic heterocycles. The van der Waals surface area contributed by atoms with E-state index in [1.54, 1.807) is 18.6 Å². The average Bonchev–Trinajstić information content (AvgIpc) is 2.83. The molecule has 0 aromatic carbocycles. The van der Waals surface area contributed by atoms with Gasteiger partial charge in [-0.3, -0.25) is 9.97 Å². The Morgan fingerprint density at radius 2 is 2.44 bits per heavy atom. The van der Waals surface area contributed by atoms with Crippen molar-refractivity contribution in [3.05, 3.63) is 24.3 Å². The Balaban J connectivity index is 1.69. The van der Waals surface area contributed by atoms with Crippen LogP contribution >= 0.6 is 0 Å². The lowest BCUT2D eigenvalue weighted by Gasteiger charge is -2.11. The fourth-order valence-corrected chi connectivity index (χ4v) is 2.04. The minimum atomic E-state index is -0.491. The van der Waals surface area contributed by atoms with E-state index < -0.39 is 6.10 Å². The number of aromatic nitrogens is 2. The number of rotatable bonds is 5. The number of nitrogens with zero attached hydrogens (tertiary/aromatic N) is 2. The van der Waals surface area contributed by atoms with Crippen LogP contribution in [-0.2, 0) is 4.74 Å².